The van der Waals surface area contributed by atoms with E-state index in [0.717, 1.165) is 51.4 Å². The van der Waals surface area contributed by atoms with E-state index in [2.05, 4.69) is 43.5 Å². The lowest BCUT2D eigenvalue weighted by Gasteiger charge is -2.46. The van der Waals surface area contributed by atoms with Gasteiger partial charge in [0, 0.05) is 6.42 Å². The summed E-state index contributed by atoms with van der Waals surface area (Å²) in [6.07, 6.45) is 27.6. The highest BCUT2D eigenvalue weighted by atomic mass is 16.7. The molecule has 0 aromatic heterocycles. The lowest BCUT2D eigenvalue weighted by molar-refractivity contribution is -0.359. The summed E-state index contributed by atoms with van der Waals surface area (Å²) in [4.78, 5) is 13.2. The van der Waals surface area contributed by atoms with Crippen molar-refractivity contribution in [3.05, 3.63) is 36.5 Å². The topological polar surface area (TPSA) is 228 Å². The number of nitrogens with one attached hydrogen (secondary N) is 1. The highest BCUT2D eigenvalue weighted by Gasteiger charge is 2.51. The van der Waals surface area contributed by atoms with Crippen LogP contribution in [-0.4, -0.2) is 140 Å². The third-order valence-electron chi connectivity index (χ3n) is 12.8. The number of ether oxygens (including phenoxy) is 4. The monoisotopic (exact) mass is 942 g/mol. The number of carbonyl (C=O) groups excluding carboxylic acids is 1. The second kappa shape index (κ2) is 39.0. The maximum atomic E-state index is 13.2. The first-order valence-electron chi connectivity index (χ1n) is 26.2. The fourth-order valence-corrected chi connectivity index (χ4v) is 8.48. The Labute approximate surface area is 398 Å². The summed E-state index contributed by atoms with van der Waals surface area (Å²) in [5.41, 5.74) is 0. The van der Waals surface area contributed by atoms with Gasteiger partial charge in [-0.15, -0.1) is 0 Å². The van der Waals surface area contributed by atoms with Crippen LogP contribution in [0, 0.1) is 0 Å². The molecule has 2 saturated heterocycles. The predicted octanol–water partition coefficient (Wildman–Crippen LogP) is 7.10. The van der Waals surface area contributed by atoms with Gasteiger partial charge in [0.15, 0.2) is 12.6 Å². The minimum Gasteiger partial charge on any atom is -0.394 e. The van der Waals surface area contributed by atoms with Crippen LogP contribution in [0.3, 0.4) is 0 Å². The molecule has 1 amide bonds. The molecule has 386 valence electrons. The SMILES string of the molecule is CCCCCC/C=C\CCCCCCCC(=O)NC(COC1OC(CO)C(OC2OC(CO)C(O)C(O)C2O)C(O)C1O)C(O)/C=C/CC/C=C/CCCCCCCCCCCCCCC. The maximum Gasteiger partial charge on any atom is 0.220 e. The smallest absolute Gasteiger partial charge is 0.220 e. The van der Waals surface area contributed by atoms with Crippen LogP contribution in [0.25, 0.3) is 0 Å². The molecule has 66 heavy (non-hydrogen) atoms. The Morgan fingerprint density at radius 3 is 1.50 bits per heavy atom. The summed E-state index contributed by atoms with van der Waals surface area (Å²) >= 11 is 0. The maximum absolute atomic E-state index is 13.2. The Morgan fingerprint density at radius 1 is 0.530 bits per heavy atom. The second-order valence-electron chi connectivity index (χ2n) is 18.6. The van der Waals surface area contributed by atoms with Crippen LogP contribution < -0.4 is 5.32 Å². The van der Waals surface area contributed by atoms with Gasteiger partial charge in [-0.05, 0) is 57.8 Å². The fraction of sp³-hybridized carbons (Fsp3) is 0.865. The van der Waals surface area contributed by atoms with Crippen LogP contribution in [0.2, 0.25) is 0 Å². The molecule has 14 nitrogen and oxygen atoms in total. The van der Waals surface area contributed by atoms with Gasteiger partial charge in [-0.2, -0.15) is 0 Å². The predicted molar refractivity (Wildman–Crippen MR) is 258 cm³/mol. The van der Waals surface area contributed by atoms with E-state index in [4.69, 9.17) is 18.9 Å². The Kier molecular flexibility index (Phi) is 35.6. The van der Waals surface area contributed by atoms with Crippen molar-refractivity contribution in [2.75, 3.05) is 19.8 Å². The highest BCUT2D eigenvalue weighted by Crippen LogP contribution is 2.30. The molecule has 9 N–H and O–H groups in total. The van der Waals surface area contributed by atoms with E-state index >= 15 is 0 Å². The highest BCUT2D eigenvalue weighted by molar-refractivity contribution is 5.76. The Hall–Kier alpha value is -1.79. The van der Waals surface area contributed by atoms with Crippen molar-refractivity contribution in [3.8, 4) is 0 Å². The third kappa shape index (κ3) is 25.7. The first-order valence-corrected chi connectivity index (χ1v) is 26.2. The minimum absolute atomic E-state index is 0.260. The average molecular weight is 942 g/mol. The summed E-state index contributed by atoms with van der Waals surface area (Å²) in [5.74, 6) is -0.260. The van der Waals surface area contributed by atoms with Gasteiger partial charge in [-0.3, -0.25) is 4.79 Å². The normalized spacial score (nSPS) is 27.1. The van der Waals surface area contributed by atoms with E-state index < -0.39 is 86.8 Å². The van der Waals surface area contributed by atoms with Crippen LogP contribution in [0.1, 0.15) is 194 Å². The molecule has 0 radical (unpaired) electrons. The Balaban J connectivity index is 1.86. The van der Waals surface area contributed by atoms with Gasteiger partial charge in [-0.1, -0.05) is 166 Å². The van der Waals surface area contributed by atoms with Gasteiger partial charge in [0.05, 0.1) is 32.0 Å². The fourth-order valence-electron chi connectivity index (χ4n) is 8.48. The molecule has 14 heteroatoms. The molecule has 2 aliphatic rings. The van der Waals surface area contributed by atoms with Gasteiger partial charge in [0.1, 0.15) is 48.8 Å². The number of unbranched alkanes of at least 4 members (excludes halogenated alkanes) is 23. The zero-order chi connectivity index (χ0) is 48.2. The van der Waals surface area contributed by atoms with Crippen molar-refractivity contribution in [1.29, 1.82) is 0 Å². The van der Waals surface area contributed by atoms with Crippen LogP contribution in [-0.2, 0) is 23.7 Å². The zero-order valence-corrected chi connectivity index (χ0v) is 40.9. The lowest BCUT2D eigenvalue weighted by Crippen LogP contribution is -2.65. The third-order valence-corrected chi connectivity index (χ3v) is 12.8. The summed E-state index contributed by atoms with van der Waals surface area (Å²) in [6, 6.07) is -0.933. The van der Waals surface area contributed by atoms with Crippen LogP contribution >= 0.6 is 0 Å². The van der Waals surface area contributed by atoms with Crippen molar-refractivity contribution >= 4 is 5.91 Å². The number of aliphatic hydroxyl groups is 8. The Bertz CT molecular complexity index is 1250. The van der Waals surface area contributed by atoms with Crippen molar-refractivity contribution in [2.24, 2.45) is 0 Å². The van der Waals surface area contributed by atoms with E-state index in [9.17, 15) is 45.6 Å². The summed E-state index contributed by atoms with van der Waals surface area (Å²) in [7, 11) is 0. The van der Waals surface area contributed by atoms with Gasteiger partial charge >= 0.3 is 0 Å². The Morgan fingerprint density at radius 2 is 0.970 bits per heavy atom. The van der Waals surface area contributed by atoms with Gasteiger partial charge in [-0.25, -0.2) is 0 Å². The molecule has 0 bridgehead atoms. The molecule has 0 spiro atoms. The molecule has 0 aliphatic carbocycles. The molecule has 12 unspecified atom stereocenters. The molecule has 0 aromatic rings. The summed E-state index contributed by atoms with van der Waals surface area (Å²) < 4.78 is 22.7. The van der Waals surface area contributed by atoms with Crippen LogP contribution in [0.5, 0.6) is 0 Å². The van der Waals surface area contributed by atoms with E-state index in [1.165, 1.54) is 109 Å². The van der Waals surface area contributed by atoms with E-state index in [-0.39, 0.29) is 18.9 Å². The van der Waals surface area contributed by atoms with E-state index in [1.54, 1.807) is 6.08 Å². The minimum atomic E-state index is -1.79. The largest absolute Gasteiger partial charge is 0.394 e. The van der Waals surface area contributed by atoms with Crippen molar-refractivity contribution < 1.29 is 64.6 Å². The first kappa shape index (κ1) is 60.3. The summed E-state index contributed by atoms with van der Waals surface area (Å²) in [5, 5.41) is 86.7. The molecular formula is C52H95NO13. The average Bonchev–Trinajstić information content (AvgIpc) is 3.31. The first-order chi connectivity index (χ1) is 32.1. The molecule has 0 saturated carbocycles. The molecule has 2 heterocycles. The van der Waals surface area contributed by atoms with Crippen molar-refractivity contribution in [3.63, 3.8) is 0 Å². The van der Waals surface area contributed by atoms with Crippen LogP contribution in [0.4, 0.5) is 0 Å². The van der Waals surface area contributed by atoms with E-state index in [0.29, 0.717) is 12.8 Å². The standard InChI is InChI=1S/C52H95NO13/c1-3-5-7-9-11-13-15-17-18-19-20-21-22-24-25-27-29-31-33-35-41(56)40(53-44(57)36-34-32-30-28-26-23-16-14-12-10-8-6-4-2)39-63-51-49(62)47(60)50(43(38-55)65-51)66-52-48(61)46(59)45(58)42(37-54)64-52/h14,16,25,27,33,35,40-43,45-52,54-56,58-62H,3-13,15,17-24,26,28-32,34,36-39H2,1-2H3,(H,53,57)/b16-14-,27-25+,35-33+. The van der Waals surface area contributed by atoms with Gasteiger partial charge in [0.2, 0.25) is 5.91 Å². The lowest BCUT2D eigenvalue weighted by atomic mass is 9.97. The van der Waals surface area contributed by atoms with Crippen LogP contribution in [0.15, 0.2) is 36.5 Å². The number of hydrogen-bond donors (Lipinski definition) is 9. The quantitative estimate of drug-likeness (QED) is 0.0221. The van der Waals surface area contributed by atoms with Gasteiger partial charge < -0.3 is 65.1 Å². The molecule has 2 rings (SSSR count). The molecule has 2 fully saturated rings. The number of amides is 1. The van der Waals surface area contributed by atoms with Crippen molar-refractivity contribution in [1.82, 2.24) is 5.32 Å². The van der Waals surface area contributed by atoms with Crippen molar-refractivity contribution in [2.45, 2.75) is 267 Å². The zero-order valence-electron chi connectivity index (χ0n) is 40.9. The number of aliphatic hydroxyl groups excluding tert-OH is 8. The number of allylic oxidation sites excluding steroid dienone is 5. The number of rotatable bonds is 40. The molecule has 12 atom stereocenters. The second-order valence-corrected chi connectivity index (χ2v) is 18.6. The van der Waals surface area contributed by atoms with Gasteiger partial charge in [0.25, 0.3) is 0 Å². The number of hydrogen-bond acceptors (Lipinski definition) is 13. The number of carbonyl (C=O) groups is 1. The molecule has 0 aromatic carbocycles. The van der Waals surface area contributed by atoms with E-state index in [1.807, 2.05) is 6.08 Å². The molecular weight excluding hydrogens is 847 g/mol. The molecule has 2 aliphatic heterocycles. The summed E-state index contributed by atoms with van der Waals surface area (Å²) in [6.45, 7) is 2.74.